The van der Waals surface area contributed by atoms with Crippen LogP contribution in [0.1, 0.15) is 33.6 Å². The maximum atomic E-state index is 5.17. The number of rotatable bonds is 7. The fourth-order valence-electron chi connectivity index (χ4n) is 1.53. The molecule has 0 aliphatic heterocycles. The van der Waals surface area contributed by atoms with Crippen molar-refractivity contribution in [3.05, 3.63) is 12.2 Å². The van der Waals surface area contributed by atoms with E-state index >= 15 is 0 Å². The van der Waals surface area contributed by atoms with Gasteiger partial charge in [0.2, 0.25) is 0 Å². The quantitative estimate of drug-likeness (QED) is 0.513. The van der Waals surface area contributed by atoms with E-state index in [-0.39, 0.29) is 0 Å². The van der Waals surface area contributed by atoms with Crippen LogP contribution in [0.2, 0.25) is 0 Å². The van der Waals surface area contributed by atoms with Crippen LogP contribution < -0.4 is 5.73 Å². The normalized spacial score (nSPS) is 12.0. The number of hydrogen-bond donors (Lipinski definition) is 1. The van der Waals surface area contributed by atoms with Gasteiger partial charge in [0, 0.05) is 24.7 Å². The summed E-state index contributed by atoms with van der Waals surface area (Å²) in [7, 11) is 0. The Labute approximate surface area is 94.5 Å². The van der Waals surface area contributed by atoms with Crippen LogP contribution in [0.5, 0.6) is 0 Å². The number of nitrogens with zero attached hydrogens (tertiary/aromatic N) is 1. The average molecular weight is 208 g/mol. The molecule has 2 heteroatoms. The summed E-state index contributed by atoms with van der Waals surface area (Å²) in [5.41, 5.74) is 6.08. The van der Waals surface area contributed by atoms with Crippen molar-refractivity contribution in [2.45, 2.75) is 33.6 Å². The third-order valence-electron chi connectivity index (χ3n) is 2.47. The molecule has 0 heterocycles. The maximum Gasteiger partial charge on any atom is 0.0308 e. The Morgan fingerprint density at radius 2 is 2.13 bits per heavy atom. The van der Waals surface area contributed by atoms with Crippen molar-refractivity contribution in [3.8, 4) is 12.0 Å². The lowest BCUT2D eigenvalue weighted by Gasteiger charge is -2.24. The molecule has 2 N–H and O–H groups in total. The van der Waals surface area contributed by atoms with E-state index in [2.05, 4.69) is 44.2 Å². The van der Waals surface area contributed by atoms with Crippen LogP contribution >= 0.6 is 0 Å². The lowest BCUT2D eigenvalue weighted by Crippen LogP contribution is -2.30. The Bertz CT molecular complexity index is 235. The topological polar surface area (TPSA) is 29.3 Å². The third-order valence-corrected chi connectivity index (χ3v) is 2.47. The van der Waals surface area contributed by atoms with E-state index in [0.29, 0.717) is 0 Å². The molecule has 0 radical (unpaired) electrons. The van der Waals surface area contributed by atoms with Crippen molar-refractivity contribution in [3.63, 3.8) is 0 Å². The monoisotopic (exact) mass is 208 g/mol. The molecule has 0 rings (SSSR count). The molecule has 0 fully saturated rings. The molecule has 0 saturated carbocycles. The molecule has 0 saturated heterocycles. The van der Waals surface area contributed by atoms with Crippen LogP contribution in [-0.4, -0.2) is 24.5 Å². The van der Waals surface area contributed by atoms with Gasteiger partial charge in [-0.15, -0.1) is 0 Å². The zero-order chi connectivity index (χ0) is 11.7. The van der Waals surface area contributed by atoms with Crippen LogP contribution in [0.15, 0.2) is 12.2 Å². The van der Waals surface area contributed by atoms with Crippen molar-refractivity contribution in [2.75, 3.05) is 19.6 Å². The van der Waals surface area contributed by atoms with Crippen LogP contribution in [-0.2, 0) is 0 Å². The third kappa shape index (κ3) is 7.04. The molecule has 0 aliphatic carbocycles. The van der Waals surface area contributed by atoms with E-state index in [0.717, 1.165) is 31.1 Å². The zero-order valence-corrected chi connectivity index (χ0v) is 10.3. The molecule has 0 amide bonds. The van der Waals surface area contributed by atoms with E-state index in [1.54, 1.807) is 0 Å². The second kappa shape index (κ2) is 8.38. The standard InChI is InChI=1S/C13H24N2/c1-5-9-15(10-12(3)6-2)11-13(4)7-8-14/h12H,4-6,9-11,14H2,1-3H3. The summed E-state index contributed by atoms with van der Waals surface area (Å²) in [6, 6.07) is 2.41. The molecule has 0 aromatic carbocycles. The Balaban J connectivity index is 4.12. The zero-order valence-electron chi connectivity index (χ0n) is 10.3. The van der Waals surface area contributed by atoms with Crippen LogP contribution in [0.4, 0.5) is 0 Å². The molecule has 0 aromatic rings. The molecule has 0 aliphatic rings. The molecule has 1 unspecified atom stereocenters. The van der Waals surface area contributed by atoms with Crippen molar-refractivity contribution in [1.82, 2.24) is 4.90 Å². The molecule has 2 nitrogen and oxygen atoms in total. The van der Waals surface area contributed by atoms with Crippen LogP contribution in [0, 0.1) is 17.9 Å². The Morgan fingerprint density at radius 1 is 1.47 bits per heavy atom. The highest BCUT2D eigenvalue weighted by Crippen LogP contribution is 2.06. The van der Waals surface area contributed by atoms with Crippen LogP contribution in [0.3, 0.4) is 0 Å². The Kier molecular flexibility index (Phi) is 7.85. The molecule has 86 valence electrons. The Morgan fingerprint density at radius 3 is 2.60 bits per heavy atom. The SMILES string of the molecule is C=C(C#CN)CN(CCC)CC(C)CC. The summed E-state index contributed by atoms with van der Waals surface area (Å²) in [6.45, 7) is 13.7. The maximum absolute atomic E-state index is 5.17. The number of hydrogen-bond acceptors (Lipinski definition) is 2. The fourth-order valence-corrected chi connectivity index (χ4v) is 1.53. The van der Waals surface area contributed by atoms with E-state index in [4.69, 9.17) is 5.73 Å². The molecular formula is C13H24N2. The van der Waals surface area contributed by atoms with Gasteiger partial charge in [-0.2, -0.15) is 0 Å². The van der Waals surface area contributed by atoms with Crippen molar-refractivity contribution in [1.29, 1.82) is 0 Å². The van der Waals surface area contributed by atoms with E-state index in [9.17, 15) is 0 Å². The minimum Gasteiger partial charge on any atom is -0.359 e. The van der Waals surface area contributed by atoms with E-state index in [1.165, 1.54) is 12.8 Å². The summed E-state index contributed by atoms with van der Waals surface area (Å²) in [4.78, 5) is 2.40. The molecule has 0 bridgehead atoms. The van der Waals surface area contributed by atoms with Gasteiger partial charge in [0.05, 0.1) is 0 Å². The van der Waals surface area contributed by atoms with Gasteiger partial charge in [-0.25, -0.2) is 0 Å². The summed E-state index contributed by atoms with van der Waals surface area (Å²) in [6.07, 6.45) is 2.38. The van der Waals surface area contributed by atoms with Gasteiger partial charge >= 0.3 is 0 Å². The molecule has 0 aromatic heterocycles. The highest BCUT2D eigenvalue weighted by Gasteiger charge is 2.08. The summed E-state index contributed by atoms with van der Waals surface area (Å²) in [5.74, 6) is 3.55. The molecule has 0 spiro atoms. The predicted molar refractivity (Wildman–Crippen MR) is 67.3 cm³/mol. The fraction of sp³-hybridized carbons (Fsp3) is 0.692. The summed E-state index contributed by atoms with van der Waals surface area (Å²) >= 11 is 0. The van der Waals surface area contributed by atoms with Gasteiger partial charge in [0.25, 0.3) is 0 Å². The van der Waals surface area contributed by atoms with E-state index in [1.807, 2.05) is 0 Å². The van der Waals surface area contributed by atoms with E-state index < -0.39 is 0 Å². The minimum atomic E-state index is 0.732. The average Bonchev–Trinajstić information content (AvgIpc) is 2.18. The van der Waals surface area contributed by atoms with Gasteiger partial charge in [-0.3, -0.25) is 4.90 Å². The molecule has 1 atom stereocenters. The van der Waals surface area contributed by atoms with Gasteiger partial charge in [0.1, 0.15) is 0 Å². The number of nitrogens with two attached hydrogens (primary N) is 1. The summed E-state index contributed by atoms with van der Waals surface area (Å²) in [5, 5.41) is 0. The lowest BCUT2D eigenvalue weighted by molar-refractivity contribution is 0.255. The van der Waals surface area contributed by atoms with Gasteiger partial charge < -0.3 is 5.73 Å². The molecular weight excluding hydrogens is 184 g/mol. The predicted octanol–water partition coefficient (Wildman–Crippen LogP) is 2.22. The Hall–Kier alpha value is -0.940. The minimum absolute atomic E-state index is 0.732. The first-order chi connectivity index (χ1) is 7.13. The van der Waals surface area contributed by atoms with Crippen molar-refractivity contribution >= 4 is 0 Å². The second-order valence-electron chi connectivity index (χ2n) is 4.12. The summed E-state index contributed by atoms with van der Waals surface area (Å²) < 4.78 is 0. The largest absolute Gasteiger partial charge is 0.359 e. The lowest BCUT2D eigenvalue weighted by atomic mass is 10.1. The second-order valence-corrected chi connectivity index (χ2v) is 4.12. The highest BCUT2D eigenvalue weighted by atomic mass is 15.1. The van der Waals surface area contributed by atoms with Gasteiger partial charge in [0.15, 0.2) is 0 Å². The van der Waals surface area contributed by atoms with Crippen molar-refractivity contribution in [2.24, 2.45) is 11.7 Å². The van der Waals surface area contributed by atoms with Gasteiger partial charge in [-0.1, -0.05) is 33.8 Å². The first kappa shape index (κ1) is 14.1. The first-order valence-corrected chi connectivity index (χ1v) is 5.75. The van der Waals surface area contributed by atoms with Gasteiger partial charge in [-0.05, 0) is 24.8 Å². The van der Waals surface area contributed by atoms with Crippen LogP contribution in [0.25, 0.3) is 0 Å². The smallest absolute Gasteiger partial charge is 0.0308 e. The highest BCUT2D eigenvalue weighted by molar-refractivity contribution is 5.25. The first-order valence-electron chi connectivity index (χ1n) is 5.75. The van der Waals surface area contributed by atoms with Crippen molar-refractivity contribution < 1.29 is 0 Å². The molecule has 15 heavy (non-hydrogen) atoms.